The van der Waals surface area contributed by atoms with Crippen LogP contribution in [0.3, 0.4) is 0 Å². The molecule has 5 rings (SSSR count). The van der Waals surface area contributed by atoms with E-state index in [0.29, 0.717) is 39.1 Å². The Hall–Kier alpha value is -2.79. The minimum absolute atomic E-state index is 0.0409. The Labute approximate surface area is 233 Å². The highest BCUT2D eigenvalue weighted by Gasteiger charge is 2.34. The highest BCUT2D eigenvalue weighted by Crippen LogP contribution is 2.36. The van der Waals surface area contributed by atoms with Gasteiger partial charge in [0.2, 0.25) is 10.0 Å². The van der Waals surface area contributed by atoms with E-state index in [1.165, 1.54) is 11.8 Å². The molecule has 198 valence electrons. The Morgan fingerprint density at radius 2 is 1.71 bits per heavy atom. The zero-order valence-corrected chi connectivity index (χ0v) is 23.9. The average Bonchev–Trinajstić information content (AvgIpc) is 3.30. The van der Waals surface area contributed by atoms with Crippen LogP contribution < -0.4 is 0 Å². The highest BCUT2D eigenvalue weighted by atomic mass is 32.2. The summed E-state index contributed by atoms with van der Waals surface area (Å²) in [6.07, 6.45) is 7.52. The molecule has 0 N–H and O–H groups in total. The van der Waals surface area contributed by atoms with Crippen LogP contribution in [0.1, 0.15) is 45.1 Å². The second-order valence-corrected chi connectivity index (χ2v) is 13.3. The lowest BCUT2D eigenvalue weighted by Crippen LogP contribution is -2.34. The molecule has 3 aromatic rings. The van der Waals surface area contributed by atoms with E-state index in [0.717, 1.165) is 31.4 Å². The van der Waals surface area contributed by atoms with Crippen LogP contribution in [0.2, 0.25) is 0 Å². The van der Waals surface area contributed by atoms with E-state index in [2.05, 4.69) is 0 Å². The Kier molecular flexibility index (Phi) is 7.85. The van der Waals surface area contributed by atoms with Gasteiger partial charge >= 0.3 is 0 Å². The Morgan fingerprint density at radius 3 is 2.37 bits per heavy atom. The van der Waals surface area contributed by atoms with Gasteiger partial charge in [0.15, 0.2) is 0 Å². The van der Waals surface area contributed by atoms with Crippen LogP contribution in [0.15, 0.2) is 70.6 Å². The smallest absolute Gasteiger partial charge is 0.266 e. The summed E-state index contributed by atoms with van der Waals surface area (Å²) < 4.78 is 30.9. The predicted octanol–water partition coefficient (Wildman–Crippen LogP) is 5.71. The Morgan fingerprint density at radius 1 is 1.00 bits per heavy atom. The van der Waals surface area contributed by atoms with Crippen LogP contribution >= 0.6 is 24.0 Å². The fourth-order valence-corrected chi connectivity index (χ4v) is 7.81. The monoisotopic (exact) mass is 566 g/mol. The second kappa shape index (κ2) is 11.1. The molecule has 0 spiro atoms. The number of aromatic nitrogens is 2. The molecule has 0 unspecified atom stereocenters. The van der Waals surface area contributed by atoms with Crippen molar-refractivity contribution in [3.05, 3.63) is 71.3 Å². The zero-order valence-electron chi connectivity index (χ0n) is 21.4. The van der Waals surface area contributed by atoms with E-state index in [4.69, 9.17) is 17.3 Å². The molecule has 2 aliphatic rings. The third-order valence-corrected chi connectivity index (χ3v) is 9.93. The molecule has 0 aliphatic carbocycles. The number of sulfonamides is 1. The van der Waals surface area contributed by atoms with Crippen molar-refractivity contribution in [1.82, 2.24) is 19.0 Å². The molecular formula is C28H30N4O3S3. The summed E-state index contributed by atoms with van der Waals surface area (Å²) in [6.45, 7) is 4.95. The van der Waals surface area contributed by atoms with E-state index < -0.39 is 10.0 Å². The Balaban J connectivity index is 1.59. The van der Waals surface area contributed by atoms with Gasteiger partial charge in [0.25, 0.3) is 5.91 Å². The van der Waals surface area contributed by atoms with E-state index in [1.807, 2.05) is 56.4 Å². The van der Waals surface area contributed by atoms with E-state index >= 15 is 0 Å². The van der Waals surface area contributed by atoms with Gasteiger partial charge in [0.05, 0.1) is 15.5 Å². The van der Waals surface area contributed by atoms with Crippen molar-refractivity contribution < 1.29 is 13.2 Å². The van der Waals surface area contributed by atoms with Gasteiger partial charge in [-0.25, -0.2) is 13.1 Å². The van der Waals surface area contributed by atoms with E-state index in [1.54, 1.807) is 38.2 Å². The van der Waals surface area contributed by atoms with Crippen LogP contribution in [0, 0.1) is 0 Å². The molecule has 38 heavy (non-hydrogen) atoms. The third-order valence-electron chi connectivity index (χ3n) is 6.70. The normalized spacial score (nSPS) is 18.5. The minimum atomic E-state index is -3.63. The van der Waals surface area contributed by atoms with Crippen molar-refractivity contribution in [2.24, 2.45) is 0 Å². The Bertz CT molecular complexity index is 1490. The van der Waals surface area contributed by atoms with Crippen LogP contribution in [0.25, 0.3) is 23.0 Å². The molecule has 2 aliphatic heterocycles. The van der Waals surface area contributed by atoms with Gasteiger partial charge in [-0.05, 0) is 57.0 Å². The van der Waals surface area contributed by atoms with Crippen molar-refractivity contribution in [2.45, 2.75) is 50.5 Å². The van der Waals surface area contributed by atoms with Gasteiger partial charge in [0, 0.05) is 36.5 Å². The first-order valence-electron chi connectivity index (χ1n) is 12.8. The van der Waals surface area contributed by atoms with Crippen LogP contribution in [-0.4, -0.2) is 56.8 Å². The van der Waals surface area contributed by atoms with Crippen molar-refractivity contribution in [3.63, 3.8) is 0 Å². The summed E-state index contributed by atoms with van der Waals surface area (Å²) in [7, 11) is -3.63. The molecule has 10 heteroatoms. The summed E-state index contributed by atoms with van der Waals surface area (Å²) in [5, 5.41) is 4.84. The van der Waals surface area contributed by atoms with Gasteiger partial charge in [-0.15, -0.1) is 0 Å². The topological polar surface area (TPSA) is 75.5 Å². The standard InChI is InChI=1S/C28H30N4O3S3/c1-20(2)32-27(33)25(37-28(32)36)18-22-19-31(23-12-6-5-7-13-23)29-26(22)21-11-10-14-24(17-21)38(34,35)30-15-8-3-4-9-16-30/h5-7,10-14,17-20H,3-4,8-9,15-16H2,1-2H3. The van der Waals surface area contributed by atoms with Crippen LogP contribution in [0.4, 0.5) is 0 Å². The third kappa shape index (κ3) is 5.36. The largest absolute Gasteiger partial charge is 0.290 e. The fourth-order valence-electron chi connectivity index (χ4n) is 4.73. The summed E-state index contributed by atoms with van der Waals surface area (Å²) in [5.74, 6) is -0.133. The average molecular weight is 567 g/mol. The molecule has 0 saturated carbocycles. The summed E-state index contributed by atoms with van der Waals surface area (Å²) in [5.41, 5.74) is 2.83. The van der Waals surface area contributed by atoms with Gasteiger partial charge in [-0.2, -0.15) is 9.40 Å². The molecule has 1 amide bonds. The van der Waals surface area contributed by atoms with E-state index in [-0.39, 0.29) is 16.8 Å². The maximum absolute atomic E-state index is 13.5. The predicted molar refractivity (Wildman–Crippen MR) is 156 cm³/mol. The number of benzene rings is 2. The number of para-hydroxylation sites is 1. The number of thioether (sulfide) groups is 1. The van der Waals surface area contributed by atoms with Crippen LogP contribution in [-0.2, 0) is 14.8 Å². The lowest BCUT2D eigenvalue weighted by Gasteiger charge is -2.20. The summed E-state index contributed by atoms with van der Waals surface area (Å²) in [6, 6.07) is 16.6. The number of thiocarbonyl (C=S) groups is 1. The van der Waals surface area contributed by atoms with Gasteiger partial charge in [0.1, 0.15) is 10.0 Å². The van der Waals surface area contributed by atoms with Crippen LogP contribution in [0.5, 0.6) is 0 Å². The molecule has 2 fully saturated rings. The molecule has 7 nitrogen and oxygen atoms in total. The number of carbonyl (C=O) groups excluding carboxylic acids is 1. The van der Waals surface area contributed by atoms with Gasteiger partial charge in [-0.3, -0.25) is 9.69 Å². The minimum Gasteiger partial charge on any atom is -0.290 e. The maximum Gasteiger partial charge on any atom is 0.266 e. The van der Waals surface area contributed by atoms with Gasteiger partial charge < -0.3 is 0 Å². The first kappa shape index (κ1) is 26.8. The number of amides is 1. The lowest BCUT2D eigenvalue weighted by atomic mass is 10.1. The zero-order chi connectivity index (χ0) is 26.9. The van der Waals surface area contributed by atoms with Crippen molar-refractivity contribution in [3.8, 4) is 16.9 Å². The first-order valence-corrected chi connectivity index (χ1v) is 15.4. The highest BCUT2D eigenvalue weighted by molar-refractivity contribution is 8.26. The molecule has 2 aromatic carbocycles. The summed E-state index contributed by atoms with van der Waals surface area (Å²) in [4.78, 5) is 15.5. The SMILES string of the molecule is CC(C)N1C(=O)C(=Cc2cn(-c3ccccc3)nc2-c2cccc(S(=O)(=O)N3CCCCCC3)c2)SC1=S. The van der Waals surface area contributed by atoms with E-state index in [9.17, 15) is 13.2 Å². The molecule has 3 heterocycles. The molecule has 0 bridgehead atoms. The maximum atomic E-state index is 13.5. The number of nitrogens with zero attached hydrogens (tertiary/aromatic N) is 4. The van der Waals surface area contributed by atoms with Crippen molar-refractivity contribution >= 4 is 50.3 Å². The molecular weight excluding hydrogens is 537 g/mol. The number of carbonyl (C=O) groups is 1. The van der Waals surface area contributed by atoms with Gasteiger partial charge in [-0.1, -0.05) is 67.2 Å². The molecule has 2 saturated heterocycles. The molecule has 0 radical (unpaired) electrons. The first-order chi connectivity index (χ1) is 18.3. The van der Waals surface area contributed by atoms with Crippen molar-refractivity contribution in [2.75, 3.05) is 13.1 Å². The number of hydrogen-bond donors (Lipinski definition) is 0. The second-order valence-electron chi connectivity index (χ2n) is 9.70. The summed E-state index contributed by atoms with van der Waals surface area (Å²) >= 11 is 6.73. The lowest BCUT2D eigenvalue weighted by molar-refractivity contribution is -0.123. The number of rotatable bonds is 6. The quantitative estimate of drug-likeness (QED) is 0.281. The fraction of sp³-hybridized carbons (Fsp3) is 0.321. The molecule has 0 atom stereocenters. The molecule has 1 aromatic heterocycles. The number of hydrogen-bond acceptors (Lipinski definition) is 6. The van der Waals surface area contributed by atoms with Crippen molar-refractivity contribution in [1.29, 1.82) is 0 Å².